The molecule has 37 heavy (non-hydrogen) atoms. The molecule has 192 valence electrons. The van der Waals surface area contributed by atoms with Crippen LogP contribution in [0.3, 0.4) is 0 Å². The summed E-state index contributed by atoms with van der Waals surface area (Å²) in [7, 11) is -3.74. The maximum atomic E-state index is 13.7. The van der Waals surface area contributed by atoms with Crippen LogP contribution < -0.4 is 10.2 Å². The fraction of sp³-hybridized carbons (Fsp3) is 0.250. The van der Waals surface area contributed by atoms with Crippen molar-refractivity contribution in [2.45, 2.75) is 45.9 Å². The molecule has 2 heterocycles. The van der Waals surface area contributed by atoms with Crippen LogP contribution in [-0.4, -0.2) is 30.0 Å². The van der Waals surface area contributed by atoms with Crippen LogP contribution in [0.1, 0.15) is 45.4 Å². The van der Waals surface area contributed by atoms with Crippen molar-refractivity contribution in [2.24, 2.45) is 0 Å². The molecule has 0 radical (unpaired) electrons. The van der Waals surface area contributed by atoms with Gasteiger partial charge in [-0.15, -0.1) is 0 Å². The van der Waals surface area contributed by atoms with E-state index >= 15 is 0 Å². The van der Waals surface area contributed by atoms with E-state index in [-0.39, 0.29) is 16.6 Å². The van der Waals surface area contributed by atoms with Crippen LogP contribution in [0, 0.1) is 20.8 Å². The predicted molar refractivity (Wildman–Crippen MR) is 143 cm³/mol. The number of amides is 1. The number of aromatic nitrogens is 2. The lowest BCUT2D eigenvalue weighted by atomic mass is 10.1. The van der Waals surface area contributed by atoms with Gasteiger partial charge in [0.1, 0.15) is 5.76 Å². The molecule has 0 fully saturated rings. The number of hydrogen-bond acceptors (Lipinski definition) is 7. The second-order valence-electron chi connectivity index (χ2n) is 8.93. The van der Waals surface area contributed by atoms with E-state index in [0.717, 1.165) is 22.3 Å². The molecule has 4 aromatic rings. The molecule has 0 aliphatic rings. The Bertz CT molecular complexity index is 1480. The third-order valence-electron chi connectivity index (χ3n) is 6.10. The first-order valence-corrected chi connectivity index (χ1v) is 13.6. The summed E-state index contributed by atoms with van der Waals surface area (Å²) in [6, 6.07) is 17.4. The van der Waals surface area contributed by atoms with Crippen LogP contribution in [0.2, 0.25) is 0 Å². The van der Waals surface area contributed by atoms with Crippen molar-refractivity contribution >= 4 is 27.1 Å². The maximum absolute atomic E-state index is 13.7. The van der Waals surface area contributed by atoms with Crippen LogP contribution in [0.25, 0.3) is 0 Å². The number of aryl methyl sites for hydroxylation is 3. The van der Waals surface area contributed by atoms with Gasteiger partial charge in [0.2, 0.25) is 15.0 Å². The number of hydrogen-bond donors (Lipinski definition) is 1. The van der Waals surface area contributed by atoms with Gasteiger partial charge in [0, 0.05) is 12.2 Å². The minimum atomic E-state index is -3.74. The average molecular weight is 519 g/mol. The molecule has 1 N–H and O–H groups in total. The Labute approximate surface area is 217 Å². The van der Waals surface area contributed by atoms with Gasteiger partial charge in [-0.3, -0.25) is 4.79 Å². The first kappa shape index (κ1) is 26.1. The standard InChI is InChI=1S/C28H30N4O4S/c1-5-37(34,35)28-29-16-24(26(31-28)27(33)30-25-20(3)8-6-9-21(25)4)32(18-23-10-7-15-36-23)17-22-13-11-19(2)12-14-22/h6-16H,5,17-18H2,1-4H3,(H,30,33). The van der Waals surface area contributed by atoms with E-state index in [1.54, 1.807) is 12.3 Å². The van der Waals surface area contributed by atoms with Gasteiger partial charge >= 0.3 is 0 Å². The molecular formula is C28H30N4O4S. The zero-order valence-corrected chi connectivity index (χ0v) is 22.2. The zero-order valence-electron chi connectivity index (χ0n) is 21.4. The molecule has 2 aromatic heterocycles. The minimum absolute atomic E-state index is 0.0247. The van der Waals surface area contributed by atoms with E-state index < -0.39 is 15.7 Å². The topological polar surface area (TPSA) is 105 Å². The van der Waals surface area contributed by atoms with E-state index in [2.05, 4.69) is 15.3 Å². The fourth-order valence-electron chi connectivity index (χ4n) is 3.95. The molecular weight excluding hydrogens is 488 g/mol. The van der Waals surface area contributed by atoms with Gasteiger partial charge in [-0.05, 0) is 49.6 Å². The Kier molecular flexibility index (Phi) is 7.73. The number of sulfone groups is 1. The number of carbonyl (C=O) groups is 1. The molecule has 4 rings (SSSR count). The third-order valence-corrected chi connectivity index (χ3v) is 7.61. The average Bonchev–Trinajstić information content (AvgIpc) is 3.40. The van der Waals surface area contributed by atoms with Gasteiger partial charge in [0.15, 0.2) is 5.69 Å². The molecule has 0 aliphatic carbocycles. The highest BCUT2D eigenvalue weighted by atomic mass is 32.2. The summed E-state index contributed by atoms with van der Waals surface area (Å²) < 4.78 is 30.8. The van der Waals surface area contributed by atoms with Gasteiger partial charge in [0.25, 0.3) is 5.91 Å². The highest BCUT2D eigenvalue weighted by Gasteiger charge is 2.26. The molecule has 1 amide bonds. The molecule has 2 aromatic carbocycles. The summed E-state index contributed by atoms with van der Waals surface area (Å²) in [5, 5.41) is 2.57. The molecule has 0 saturated carbocycles. The van der Waals surface area contributed by atoms with Crippen molar-refractivity contribution in [1.82, 2.24) is 9.97 Å². The SMILES string of the molecule is CCS(=O)(=O)c1ncc(N(Cc2ccc(C)cc2)Cc2ccco2)c(C(=O)Nc2c(C)cccc2C)n1. The second kappa shape index (κ2) is 11.0. The largest absolute Gasteiger partial charge is 0.467 e. The van der Waals surface area contributed by atoms with Crippen LogP contribution in [0.4, 0.5) is 11.4 Å². The van der Waals surface area contributed by atoms with Crippen molar-refractivity contribution in [3.63, 3.8) is 0 Å². The number of rotatable bonds is 9. The summed E-state index contributed by atoms with van der Waals surface area (Å²) in [6.45, 7) is 8.08. The number of nitrogens with one attached hydrogen (secondary N) is 1. The molecule has 8 nitrogen and oxygen atoms in total. The lowest BCUT2D eigenvalue weighted by Crippen LogP contribution is -2.28. The molecule has 0 spiro atoms. The maximum Gasteiger partial charge on any atom is 0.276 e. The van der Waals surface area contributed by atoms with Crippen LogP contribution in [0.5, 0.6) is 0 Å². The van der Waals surface area contributed by atoms with Crippen molar-refractivity contribution < 1.29 is 17.6 Å². The lowest BCUT2D eigenvalue weighted by molar-refractivity contribution is 0.102. The van der Waals surface area contributed by atoms with Crippen LogP contribution >= 0.6 is 0 Å². The number of carbonyl (C=O) groups excluding carboxylic acids is 1. The first-order valence-electron chi connectivity index (χ1n) is 12.0. The van der Waals surface area contributed by atoms with Crippen molar-refractivity contribution in [3.8, 4) is 0 Å². The first-order chi connectivity index (χ1) is 17.7. The van der Waals surface area contributed by atoms with Gasteiger partial charge in [-0.25, -0.2) is 18.4 Å². The second-order valence-corrected chi connectivity index (χ2v) is 11.1. The Morgan fingerprint density at radius 3 is 2.30 bits per heavy atom. The normalized spacial score (nSPS) is 11.4. The van der Waals surface area contributed by atoms with E-state index in [4.69, 9.17) is 4.42 Å². The number of anilines is 2. The molecule has 9 heteroatoms. The highest BCUT2D eigenvalue weighted by molar-refractivity contribution is 7.91. The predicted octanol–water partition coefficient (Wildman–Crippen LogP) is 5.25. The van der Waals surface area contributed by atoms with Gasteiger partial charge < -0.3 is 14.6 Å². The van der Waals surface area contributed by atoms with Crippen molar-refractivity contribution in [1.29, 1.82) is 0 Å². The Morgan fingerprint density at radius 2 is 1.68 bits per heavy atom. The third kappa shape index (κ3) is 6.06. The molecule has 0 bridgehead atoms. The van der Waals surface area contributed by atoms with Gasteiger partial charge in [0.05, 0.1) is 30.4 Å². The van der Waals surface area contributed by atoms with Crippen molar-refractivity contribution in [3.05, 3.63) is 101 Å². The number of nitrogens with zero attached hydrogens (tertiary/aromatic N) is 3. The Morgan fingerprint density at radius 1 is 0.973 bits per heavy atom. The van der Waals surface area contributed by atoms with E-state index in [1.165, 1.54) is 13.1 Å². The van der Waals surface area contributed by atoms with Crippen molar-refractivity contribution in [2.75, 3.05) is 16.0 Å². The molecule has 0 unspecified atom stereocenters. The minimum Gasteiger partial charge on any atom is -0.467 e. The van der Waals surface area contributed by atoms with Crippen LogP contribution in [-0.2, 0) is 22.9 Å². The van der Waals surface area contributed by atoms with Gasteiger partial charge in [-0.1, -0.05) is 55.0 Å². The lowest BCUT2D eigenvalue weighted by Gasteiger charge is -2.26. The molecule has 0 aliphatic heterocycles. The Balaban J connectivity index is 1.82. The van der Waals surface area contributed by atoms with E-state index in [9.17, 15) is 13.2 Å². The highest BCUT2D eigenvalue weighted by Crippen LogP contribution is 2.27. The Hall–Kier alpha value is -3.98. The smallest absolute Gasteiger partial charge is 0.276 e. The number of para-hydroxylation sites is 1. The summed E-state index contributed by atoms with van der Waals surface area (Å²) in [4.78, 5) is 24.0. The zero-order chi connectivity index (χ0) is 26.6. The summed E-state index contributed by atoms with van der Waals surface area (Å²) in [5.74, 6) is -0.0155. The van der Waals surface area contributed by atoms with E-state index in [1.807, 2.05) is 74.2 Å². The number of furan rings is 1. The summed E-state index contributed by atoms with van der Waals surface area (Å²) >= 11 is 0. The van der Waals surface area contributed by atoms with Gasteiger partial charge in [-0.2, -0.15) is 0 Å². The van der Waals surface area contributed by atoms with Crippen LogP contribution in [0.15, 0.2) is 76.6 Å². The monoisotopic (exact) mass is 518 g/mol. The summed E-state index contributed by atoms with van der Waals surface area (Å²) in [6.07, 6.45) is 2.99. The number of benzene rings is 2. The quantitative estimate of drug-likeness (QED) is 0.302. The summed E-state index contributed by atoms with van der Waals surface area (Å²) in [5.41, 5.74) is 4.94. The molecule has 0 saturated heterocycles. The fourth-order valence-corrected chi connectivity index (χ4v) is 4.65. The van der Waals surface area contributed by atoms with E-state index in [0.29, 0.717) is 30.2 Å². The molecule has 0 atom stereocenters.